The molecule has 0 bridgehead atoms. The van der Waals surface area contributed by atoms with Gasteiger partial charge in [-0.15, -0.1) is 0 Å². The SMILES string of the molecule is O=C1CC(C(=O)NCc2ccccc2Cn2cncn2)c2ccccc2N1. The topological polar surface area (TPSA) is 88.9 Å². The van der Waals surface area contributed by atoms with E-state index in [1.165, 1.54) is 6.33 Å². The van der Waals surface area contributed by atoms with Crippen LogP contribution in [0.1, 0.15) is 29.0 Å². The number of nitrogens with one attached hydrogen (secondary N) is 2. The van der Waals surface area contributed by atoms with E-state index in [4.69, 9.17) is 0 Å². The molecule has 2 amide bonds. The lowest BCUT2D eigenvalue weighted by molar-refractivity contribution is -0.126. The van der Waals surface area contributed by atoms with Gasteiger partial charge in [0.1, 0.15) is 12.7 Å². The molecule has 3 aromatic rings. The Labute approximate surface area is 156 Å². The van der Waals surface area contributed by atoms with E-state index < -0.39 is 5.92 Å². The lowest BCUT2D eigenvalue weighted by Gasteiger charge is -2.25. The van der Waals surface area contributed by atoms with E-state index in [0.29, 0.717) is 18.8 Å². The van der Waals surface area contributed by atoms with Crippen molar-refractivity contribution in [2.75, 3.05) is 5.32 Å². The van der Waals surface area contributed by atoms with E-state index in [2.05, 4.69) is 20.7 Å². The highest BCUT2D eigenvalue weighted by Gasteiger charge is 2.30. The summed E-state index contributed by atoms with van der Waals surface area (Å²) < 4.78 is 1.74. The number of benzene rings is 2. The number of amides is 2. The van der Waals surface area contributed by atoms with Crippen molar-refractivity contribution in [3.63, 3.8) is 0 Å². The monoisotopic (exact) mass is 361 g/mol. The van der Waals surface area contributed by atoms with Gasteiger partial charge in [-0.3, -0.25) is 9.59 Å². The number of fused-ring (bicyclic) bond motifs is 1. The molecule has 1 atom stereocenters. The summed E-state index contributed by atoms with van der Waals surface area (Å²) in [7, 11) is 0. The Hall–Kier alpha value is -3.48. The van der Waals surface area contributed by atoms with Gasteiger partial charge in [-0.2, -0.15) is 5.10 Å². The Morgan fingerprint density at radius 2 is 1.93 bits per heavy atom. The molecule has 7 nitrogen and oxygen atoms in total. The highest BCUT2D eigenvalue weighted by atomic mass is 16.2. The number of rotatable bonds is 5. The summed E-state index contributed by atoms with van der Waals surface area (Å²) in [5.74, 6) is -0.759. The standard InChI is InChI=1S/C20H19N5O2/c26-19-9-17(16-7-3-4-8-18(16)24-19)20(27)22-10-14-5-1-2-6-15(14)11-25-13-21-12-23-25/h1-8,12-13,17H,9-11H2,(H,22,27)(H,24,26). The number of anilines is 1. The maximum atomic E-state index is 12.8. The zero-order valence-corrected chi connectivity index (χ0v) is 14.6. The predicted octanol–water partition coefficient (Wildman–Crippen LogP) is 2.07. The Morgan fingerprint density at radius 1 is 1.15 bits per heavy atom. The maximum Gasteiger partial charge on any atom is 0.228 e. The molecule has 136 valence electrons. The van der Waals surface area contributed by atoms with E-state index in [1.54, 1.807) is 11.0 Å². The zero-order chi connectivity index (χ0) is 18.6. The minimum Gasteiger partial charge on any atom is -0.351 e. The first kappa shape index (κ1) is 17.0. The minimum atomic E-state index is -0.475. The van der Waals surface area contributed by atoms with Gasteiger partial charge in [-0.1, -0.05) is 42.5 Å². The van der Waals surface area contributed by atoms with Crippen LogP contribution in [0.5, 0.6) is 0 Å². The molecule has 1 unspecified atom stereocenters. The van der Waals surface area contributed by atoms with E-state index in [-0.39, 0.29) is 18.2 Å². The van der Waals surface area contributed by atoms with Crippen LogP contribution in [0.15, 0.2) is 61.2 Å². The molecule has 27 heavy (non-hydrogen) atoms. The van der Waals surface area contributed by atoms with Crippen molar-refractivity contribution < 1.29 is 9.59 Å². The second-order valence-corrected chi connectivity index (χ2v) is 6.47. The first-order valence-electron chi connectivity index (χ1n) is 8.76. The molecule has 0 spiro atoms. The van der Waals surface area contributed by atoms with Crippen molar-refractivity contribution >= 4 is 17.5 Å². The summed E-state index contributed by atoms with van der Waals surface area (Å²) >= 11 is 0. The number of aromatic nitrogens is 3. The average Bonchev–Trinajstić information content (AvgIpc) is 3.19. The molecule has 0 saturated heterocycles. The van der Waals surface area contributed by atoms with Gasteiger partial charge in [0.15, 0.2) is 0 Å². The number of carbonyl (C=O) groups is 2. The molecule has 1 aromatic heterocycles. The fourth-order valence-electron chi connectivity index (χ4n) is 3.32. The molecule has 0 aliphatic carbocycles. The molecule has 0 fully saturated rings. The van der Waals surface area contributed by atoms with Crippen molar-refractivity contribution in [3.8, 4) is 0 Å². The minimum absolute atomic E-state index is 0.138. The second kappa shape index (κ2) is 7.41. The molecule has 4 rings (SSSR count). The smallest absolute Gasteiger partial charge is 0.228 e. The lowest BCUT2D eigenvalue weighted by Crippen LogP contribution is -2.34. The summed E-state index contributed by atoms with van der Waals surface area (Å²) in [5, 5.41) is 9.93. The third-order valence-corrected chi connectivity index (χ3v) is 4.69. The van der Waals surface area contributed by atoms with E-state index in [1.807, 2.05) is 48.5 Å². The zero-order valence-electron chi connectivity index (χ0n) is 14.6. The molecule has 0 radical (unpaired) electrons. The molecular weight excluding hydrogens is 342 g/mol. The van der Waals surface area contributed by atoms with Crippen molar-refractivity contribution in [1.29, 1.82) is 0 Å². The first-order chi connectivity index (χ1) is 13.2. The molecule has 1 aliphatic rings. The summed E-state index contributed by atoms with van der Waals surface area (Å²) in [6.45, 7) is 0.977. The van der Waals surface area contributed by atoms with Gasteiger partial charge in [0.2, 0.25) is 11.8 Å². The molecule has 0 saturated carbocycles. The van der Waals surface area contributed by atoms with Crippen LogP contribution in [0.25, 0.3) is 0 Å². The molecule has 2 aromatic carbocycles. The quantitative estimate of drug-likeness (QED) is 0.728. The van der Waals surface area contributed by atoms with Gasteiger partial charge in [0.25, 0.3) is 0 Å². The van der Waals surface area contributed by atoms with Crippen LogP contribution >= 0.6 is 0 Å². The Kier molecular flexibility index (Phi) is 4.65. The van der Waals surface area contributed by atoms with Crippen LogP contribution in [0, 0.1) is 0 Å². The van der Waals surface area contributed by atoms with Gasteiger partial charge in [-0.25, -0.2) is 9.67 Å². The molecule has 1 aliphatic heterocycles. The van der Waals surface area contributed by atoms with Gasteiger partial charge in [0, 0.05) is 18.7 Å². The number of para-hydroxylation sites is 1. The van der Waals surface area contributed by atoms with Gasteiger partial charge >= 0.3 is 0 Å². The van der Waals surface area contributed by atoms with Crippen LogP contribution in [0.4, 0.5) is 5.69 Å². The van der Waals surface area contributed by atoms with E-state index in [0.717, 1.165) is 16.7 Å². The number of nitrogens with zero attached hydrogens (tertiary/aromatic N) is 3. The number of hydrogen-bond acceptors (Lipinski definition) is 4. The molecule has 2 N–H and O–H groups in total. The van der Waals surface area contributed by atoms with Crippen molar-refractivity contribution in [2.24, 2.45) is 0 Å². The van der Waals surface area contributed by atoms with E-state index in [9.17, 15) is 9.59 Å². The highest BCUT2D eigenvalue weighted by Crippen LogP contribution is 2.32. The second-order valence-electron chi connectivity index (χ2n) is 6.47. The maximum absolute atomic E-state index is 12.8. The Balaban J connectivity index is 1.48. The Morgan fingerprint density at radius 3 is 2.74 bits per heavy atom. The van der Waals surface area contributed by atoms with Crippen LogP contribution in [-0.2, 0) is 22.7 Å². The molecule has 2 heterocycles. The largest absolute Gasteiger partial charge is 0.351 e. The van der Waals surface area contributed by atoms with Crippen LogP contribution in [0.2, 0.25) is 0 Å². The van der Waals surface area contributed by atoms with Crippen LogP contribution < -0.4 is 10.6 Å². The molecule has 7 heteroatoms. The summed E-state index contributed by atoms with van der Waals surface area (Å²) in [6, 6.07) is 15.3. The fourth-order valence-corrected chi connectivity index (χ4v) is 3.32. The highest BCUT2D eigenvalue weighted by molar-refractivity contribution is 6.01. The van der Waals surface area contributed by atoms with Crippen LogP contribution in [0.3, 0.4) is 0 Å². The number of hydrogen-bond donors (Lipinski definition) is 2. The Bertz CT molecular complexity index is 968. The normalized spacial score (nSPS) is 15.7. The fraction of sp³-hybridized carbons (Fsp3) is 0.200. The third kappa shape index (κ3) is 3.72. The van der Waals surface area contributed by atoms with Crippen molar-refractivity contribution in [3.05, 3.63) is 77.9 Å². The van der Waals surface area contributed by atoms with Gasteiger partial charge in [-0.05, 0) is 22.8 Å². The summed E-state index contributed by atoms with van der Waals surface area (Å²) in [4.78, 5) is 28.7. The first-order valence-corrected chi connectivity index (χ1v) is 8.76. The van der Waals surface area contributed by atoms with Gasteiger partial charge < -0.3 is 10.6 Å². The average molecular weight is 361 g/mol. The molecular formula is C20H19N5O2. The number of carbonyl (C=O) groups excluding carboxylic acids is 2. The van der Waals surface area contributed by atoms with E-state index >= 15 is 0 Å². The van der Waals surface area contributed by atoms with Crippen LogP contribution in [-0.4, -0.2) is 26.6 Å². The third-order valence-electron chi connectivity index (χ3n) is 4.69. The lowest BCUT2D eigenvalue weighted by atomic mass is 9.89. The van der Waals surface area contributed by atoms with Crippen molar-refractivity contribution in [1.82, 2.24) is 20.1 Å². The predicted molar refractivity (Wildman–Crippen MR) is 99.8 cm³/mol. The van der Waals surface area contributed by atoms with Gasteiger partial charge in [0.05, 0.1) is 12.5 Å². The summed E-state index contributed by atoms with van der Waals surface area (Å²) in [6.07, 6.45) is 3.31. The van der Waals surface area contributed by atoms with Crippen molar-refractivity contribution in [2.45, 2.75) is 25.4 Å². The summed E-state index contributed by atoms with van der Waals surface area (Å²) in [5.41, 5.74) is 3.63.